The van der Waals surface area contributed by atoms with Crippen LogP contribution in [0.25, 0.3) is 0 Å². The van der Waals surface area contributed by atoms with E-state index in [9.17, 15) is 0 Å². The summed E-state index contributed by atoms with van der Waals surface area (Å²) in [7, 11) is 0. The minimum Gasteiger partial charge on any atom is -0.490 e. The first kappa shape index (κ1) is 28.7. The van der Waals surface area contributed by atoms with E-state index in [0.29, 0.717) is 45.0 Å². The number of nitrogens with one attached hydrogen (secondary N) is 1. The van der Waals surface area contributed by atoms with Crippen molar-refractivity contribution in [2.45, 2.75) is 38.8 Å². The number of ether oxygens (including phenoxy) is 2. The van der Waals surface area contributed by atoms with Crippen molar-refractivity contribution >= 4 is 52.4 Å². The fraction of sp³-hybridized carbons (Fsp3) is 0.229. The molecule has 0 spiro atoms. The Balaban J connectivity index is 1.18. The van der Waals surface area contributed by atoms with Gasteiger partial charge in [0.2, 0.25) is 0 Å². The van der Waals surface area contributed by atoms with Crippen molar-refractivity contribution in [3.63, 3.8) is 0 Å². The number of nitrogens with zero attached hydrogens (tertiary/aromatic N) is 1. The fourth-order valence-corrected chi connectivity index (χ4v) is 6.55. The first-order chi connectivity index (χ1) is 20.4. The lowest BCUT2D eigenvalue weighted by atomic mass is 9.76. The van der Waals surface area contributed by atoms with Gasteiger partial charge in [0.15, 0.2) is 11.5 Å². The predicted molar refractivity (Wildman–Crippen MR) is 175 cm³/mol. The van der Waals surface area contributed by atoms with Crippen LogP contribution in [0.2, 0.25) is 15.1 Å². The summed E-state index contributed by atoms with van der Waals surface area (Å²) >= 11 is 19.0. The Morgan fingerprint density at radius 2 is 1.76 bits per heavy atom. The van der Waals surface area contributed by atoms with Gasteiger partial charge in [-0.1, -0.05) is 82.9 Å². The maximum Gasteiger partial charge on any atom is 0.180 e. The normalized spacial score (nSPS) is 18.9. The van der Waals surface area contributed by atoms with Gasteiger partial charge in [0, 0.05) is 33.4 Å². The van der Waals surface area contributed by atoms with Gasteiger partial charge in [0.1, 0.15) is 6.61 Å². The average molecular weight is 618 g/mol. The van der Waals surface area contributed by atoms with Crippen LogP contribution >= 0.6 is 34.8 Å². The number of allylic oxidation sites excluding steroid dienone is 2. The molecule has 0 unspecified atom stereocenters. The van der Waals surface area contributed by atoms with Crippen molar-refractivity contribution in [2.24, 2.45) is 10.9 Å². The number of aliphatic imine (C=N–C) groups is 1. The van der Waals surface area contributed by atoms with Gasteiger partial charge in [-0.3, -0.25) is 4.99 Å². The number of fused-ring (bicyclic) bond motifs is 3. The summed E-state index contributed by atoms with van der Waals surface area (Å²) in [6.07, 6.45) is 7.56. The lowest BCUT2D eigenvalue weighted by Gasteiger charge is -2.37. The monoisotopic (exact) mass is 616 g/mol. The van der Waals surface area contributed by atoms with Gasteiger partial charge >= 0.3 is 0 Å². The maximum absolute atomic E-state index is 6.65. The standard InChI is InChI=1S/C35H31Cl3N2O2/c1-3-41-33-17-22(16-31(38)35(33)42-20-24-8-11-25(36)18-30(24)37)19-39-26-12-9-23(10-13-26)34-28-6-4-5-27(28)29-15-21(2)7-14-32(29)40-34/h4-5,7-19,27-28,34,40H,3,6,20H2,1-2H3/t27-,28+,34-/m0/s1. The van der Waals surface area contributed by atoms with Crippen LogP contribution in [0.1, 0.15) is 53.1 Å². The first-order valence-electron chi connectivity index (χ1n) is 14.1. The van der Waals surface area contributed by atoms with E-state index in [4.69, 9.17) is 49.3 Å². The molecule has 4 nitrogen and oxygen atoms in total. The Bertz CT molecular complexity index is 1670. The zero-order valence-corrected chi connectivity index (χ0v) is 25.7. The van der Waals surface area contributed by atoms with Gasteiger partial charge in [-0.15, -0.1) is 0 Å². The molecule has 1 N–H and O–H groups in total. The van der Waals surface area contributed by atoms with Crippen LogP contribution in [0.5, 0.6) is 11.5 Å². The molecule has 0 amide bonds. The second kappa shape index (κ2) is 12.4. The summed E-state index contributed by atoms with van der Waals surface area (Å²) < 4.78 is 11.9. The molecule has 3 atom stereocenters. The van der Waals surface area contributed by atoms with E-state index in [-0.39, 0.29) is 12.6 Å². The van der Waals surface area contributed by atoms with E-state index in [1.165, 1.54) is 22.4 Å². The third kappa shape index (κ3) is 6.03. The van der Waals surface area contributed by atoms with Crippen LogP contribution in [-0.4, -0.2) is 12.8 Å². The quantitative estimate of drug-likeness (QED) is 0.158. The van der Waals surface area contributed by atoms with E-state index in [0.717, 1.165) is 23.2 Å². The van der Waals surface area contributed by atoms with Crippen LogP contribution in [0.15, 0.2) is 89.9 Å². The second-order valence-corrected chi connectivity index (χ2v) is 12.0. The second-order valence-electron chi connectivity index (χ2n) is 10.7. The van der Waals surface area contributed by atoms with E-state index in [2.05, 4.69) is 66.9 Å². The van der Waals surface area contributed by atoms with Gasteiger partial charge in [0.25, 0.3) is 0 Å². The number of rotatable bonds is 8. The van der Waals surface area contributed by atoms with Gasteiger partial charge in [-0.05, 0) is 85.3 Å². The van der Waals surface area contributed by atoms with Crippen molar-refractivity contribution in [1.82, 2.24) is 0 Å². The molecule has 0 aromatic heterocycles. The Kier molecular flexibility index (Phi) is 8.48. The highest BCUT2D eigenvalue weighted by Gasteiger charge is 2.37. The van der Waals surface area contributed by atoms with E-state index in [1.807, 2.05) is 25.1 Å². The fourth-order valence-electron chi connectivity index (χ4n) is 5.81. The van der Waals surface area contributed by atoms with Crippen molar-refractivity contribution in [2.75, 3.05) is 11.9 Å². The van der Waals surface area contributed by atoms with E-state index in [1.54, 1.807) is 18.3 Å². The summed E-state index contributed by atoms with van der Waals surface area (Å²) in [5, 5.41) is 5.35. The maximum atomic E-state index is 6.65. The first-order valence-corrected chi connectivity index (χ1v) is 15.2. The molecular weight excluding hydrogens is 587 g/mol. The molecule has 0 radical (unpaired) electrons. The SMILES string of the molecule is CCOc1cc(C=Nc2ccc([C@@H]3Nc4ccc(C)cc4[C@H]4C=CC[C@H]43)cc2)cc(Cl)c1OCc1ccc(Cl)cc1Cl. The molecule has 4 aromatic carbocycles. The topological polar surface area (TPSA) is 42.8 Å². The van der Waals surface area contributed by atoms with E-state index >= 15 is 0 Å². The molecule has 0 bridgehead atoms. The molecule has 7 heteroatoms. The van der Waals surface area contributed by atoms with Crippen molar-refractivity contribution in [3.8, 4) is 11.5 Å². The minimum absolute atomic E-state index is 0.230. The third-order valence-electron chi connectivity index (χ3n) is 7.85. The lowest BCUT2D eigenvalue weighted by molar-refractivity contribution is 0.269. The molecule has 0 saturated heterocycles. The van der Waals surface area contributed by atoms with Gasteiger partial charge < -0.3 is 14.8 Å². The Morgan fingerprint density at radius 3 is 2.55 bits per heavy atom. The highest BCUT2D eigenvalue weighted by atomic mass is 35.5. The molecule has 2 aliphatic rings. The Morgan fingerprint density at radius 1 is 0.929 bits per heavy atom. The van der Waals surface area contributed by atoms with Crippen LogP contribution in [0.4, 0.5) is 11.4 Å². The number of halogens is 3. The van der Waals surface area contributed by atoms with E-state index < -0.39 is 0 Å². The molecule has 0 saturated carbocycles. The molecular formula is C35H31Cl3N2O2. The van der Waals surface area contributed by atoms with Gasteiger partial charge in [-0.25, -0.2) is 0 Å². The minimum atomic E-state index is 0.230. The zero-order chi connectivity index (χ0) is 29.2. The number of hydrogen-bond acceptors (Lipinski definition) is 4. The summed E-state index contributed by atoms with van der Waals surface area (Å²) in [4.78, 5) is 4.72. The van der Waals surface area contributed by atoms with Crippen LogP contribution in [0, 0.1) is 12.8 Å². The summed E-state index contributed by atoms with van der Waals surface area (Å²) in [6.45, 7) is 4.77. The Labute approximate surface area is 261 Å². The highest BCUT2D eigenvalue weighted by molar-refractivity contribution is 6.35. The average Bonchev–Trinajstić information content (AvgIpc) is 3.47. The zero-order valence-electron chi connectivity index (χ0n) is 23.4. The molecule has 1 aliphatic carbocycles. The molecule has 214 valence electrons. The van der Waals surface area contributed by atoms with Crippen molar-refractivity contribution < 1.29 is 9.47 Å². The number of aryl methyl sites for hydroxylation is 1. The lowest BCUT2D eigenvalue weighted by Crippen LogP contribution is -2.29. The summed E-state index contributed by atoms with van der Waals surface area (Å²) in [5.74, 6) is 1.96. The largest absolute Gasteiger partial charge is 0.490 e. The smallest absolute Gasteiger partial charge is 0.180 e. The van der Waals surface area contributed by atoms with Crippen molar-refractivity contribution in [1.29, 1.82) is 0 Å². The molecule has 4 aromatic rings. The van der Waals surface area contributed by atoms with Gasteiger partial charge in [0.05, 0.1) is 23.4 Å². The summed E-state index contributed by atoms with van der Waals surface area (Å²) in [6, 6.07) is 24.4. The summed E-state index contributed by atoms with van der Waals surface area (Å²) in [5.41, 5.74) is 7.67. The molecule has 6 rings (SSSR count). The predicted octanol–water partition coefficient (Wildman–Crippen LogP) is 10.5. The van der Waals surface area contributed by atoms with Crippen LogP contribution in [-0.2, 0) is 6.61 Å². The number of hydrogen-bond donors (Lipinski definition) is 1. The number of benzene rings is 4. The Hall–Kier alpha value is -3.44. The molecule has 42 heavy (non-hydrogen) atoms. The third-order valence-corrected chi connectivity index (χ3v) is 8.72. The van der Waals surface area contributed by atoms with Crippen LogP contribution in [0.3, 0.4) is 0 Å². The highest BCUT2D eigenvalue weighted by Crippen LogP contribution is 2.50. The van der Waals surface area contributed by atoms with Gasteiger partial charge in [-0.2, -0.15) is 0 Å². The van der Waals surface area contributed by atoms with Crippen LogP contribution < -0.4 is 14.8 Å². The molecule has 0 fully saturated rings. The molecule has 1 heterocycles. The molecule has 1 aliphatic heterocycles. The number of anilines is 1. The van der Waals surface area contributed by atoms with Crippen molar-refractivity contribution in [3.05, 3.63) is 128 Å².